The maximum absolute atomic E-state index is 13.7. The first-order valence-electron chi connectivity index (χ1n) is 19.4. The van der Waals surface area contributed by atoms with Crippen molar-refractivity contribution in [1.29, 1.82) is 0 Å². The smallest absolute Gasteiger partial charge is 0.270 e. The number of fused-ring (bicyclic) bond motifs is 5. The second-order valence-electron chi connectivity index (χ2n) is 15.8. The molecule has 1 fully saturated rings. The second-order valence-corrected chi connectivity index (χ2v) is 15.8. The van der Waals surface area contributed by atoms with Gasteiger partial charge < -0.3 is 24.4 Å². The largest absolute Gasteiger partial charge is 0.487 e. The quantitative estimate of drug-likeness (QED) is 0.229. The molecule has 2 N–H and O–H groups in total. The molecule has 2 unspecified atom stereocenters. The van der Waals surface area contributed by atoms with Crippen molar-refractivity contribution in [2.75, 3.05) is 6.54 Å². The Labute approximate surface area is 328 Å². The van der Waals surface area contributed by atoms with Crippen LogP contribution in [0.1, 0.15) is 96.5 Å². The number of pyridine rings is 2. The molecule has 1 saturated heterocycles. The number of ether oxygens (including phenoxy) is 1. The van der Waals surface area contributed by atoms with Gasteiger partial charge >= 0.3 is 0 Å². The van der Waals surface area contributed by atoms with E-state index in [0.29, 0.717) is 42.1 Å². The molecule has 3 aromatic heterocycles. The minimum atomic E-state index is -0.746. The Morgan fingerprint density at radius 3 is 2.60 bits per heavy atom. The van der Waals surface area contributed by atoms with Crippen LogP contribution in [-0.2, 0) is 40.4 Å². The molecule has 0 spiro atoms. The maximum atomic E-state index is 13.7. The van der Waals surface area contributed by atoms with Crippen molar-refractivity contribution in [2.24, 2.45) is 0 Å². The van der Waals surface area contributed by atoms with E-state index >= 15 is 0 Å². The highest BCUT2D eigenvalue weighted by atomic mass is 16.5. The molecule has 2 aromatic carbocycles. The number of rotatable bonds is 6. The van der Waals surface area contributed by atoms with E-state index < -0.39 is 23.6 Å². The van der Waals surface area contributed by atoms with E-state index in [1.807, 2.05) is 49.2 Å². The van der Waals surface area contributed by atoms with Gasteiger partial charge in [-0.25, -0.2) is 4.98 Å². The minimum Gasteiger partial charge on any atom is -0.487 e. The molecule has 2 atom stereocenters. The zero-order chi connectivity index (χ0) is 39.7. The van der Waals surface area contributed by atoms with Crippen LogP contribution in [-0.4, -0.2) is 77.0 Å². The molecular weight excluding hydrogens is 725 g/mol. The van der Waals surface area contributed by atoms with Crippen LogP contribution >= 0.6 is 0 Å². The predicted molar refractivity (Wildman–Crippen MR) is 209 cm³/mol. The SMILES string of the molecule is CCc1nc(-c2cccc3cc(-c4ccc(C(=O)NC5CC(C)(C)Oc6c5ccc5c6CN(C6CCC(=O)NC6=O)C5=O)nc4)ncc23)c2n1CCN(C(C)=O)C2. The zero-order valence-corrected chi connectivity index (χ0v) is 32.2. The lowest BCUT2D eigenvalue weighted by atomic mass is 9.87. The van der Waals surface area contributed by atoms with Gasteiger partial charge in [-0.05, 0) is 49.9 Å². The van der Waals surface area contributed by atoms with E-state index in [1.54, 1.807) is 31.3 Å². The summed E-state index contributed by atoms with van der Waals surface area (Å²) in [5.74, 6) is 0.121. The van der Waals surface area contributed by atoms with Crippen LogP contribution in [0.15, 0.2) is 60.9 Å². The maximum Gasteiger partial charge on any atom is 0.270 e. The molecule has 0 radical (unpaired) electrons. The van der Waals surface area contributed by atoms with Gasteiger partial charge in [-0.2, -0.15) is 0 Å². The van der Waals surface area contributed by atoms with Crippen molar-refractivity contribution in [3.05, 3.63) is 94.8 Å². The van der Waals surface area contributed by atoms with Gasteiger partial charge in [-0.1, -0.05) is 31.2 Å². The first-order valence-corrected chi connectivity index (χ1v) is 19.4. The molecule has 4 aliphatic rings. The van der Waals surface area contributed by atoms with Crippen molar-refractivity contribution in [2.45, 2.75) is 90.7 Å². The molecule has 5 aromatic rings. The fourth-order valence-corrected chi connectivity index (χ4v) is 8.72. The summed E-state index contributed by atoms with van der Waals surface area (Å²) in [6, 6.07) is 14.0. The third-order valence-corrected chi connectivity index (χ3v) is 11.6. The Morgan fingerprint density at radius 1 is 1.00 bits per heavy atom. The molecular formula is C43H42N8O6. The van der Waals surface area contributed by atoms with Crippen LogP contribution in [0.4, 0.5) is 0 Å². The Bertz CT molecular complexity index is 2540. The lowest BCUT2D eigenvalue weighted by Gasteiger charge is -2.39. The molecule has 0 saturated carbocycles. The van der Waals surface area contributed by atoms with Crippen LogP contribution in [0.25, 0.3) is 33.3 Å². The summed E-state index contributed by atoms with van der Waals surface area (Å²) in [4.78, 5) is 81.6. The lowest BCUT2D eigenvalue weighted by Crippen LogP contribution is -2.52. The molecule has 5 amide bonds. The molecule has 290 valence electrons. The number of aromatic nitrogens is 4. The Morgan fingerprint density at radius 2 is 1.84 bits per heavy atom. The fourth-order valence-electron chi connectivity index (χ4n) is 8.72. The number of imidazole rings is 1. The number of hydrogen-bond acceptors (Lipinski definition) is 9. The molecule has 7 heterocycles. The number of piperidine rings is 1. The Balaban J connectivity index is 0.948. The van der Waals surface area contributed by atoms with E-state index in [-0.39, 0.29) is 48.7 Å². The van der Waals surface area contributed by atoms with Crippen LogP contribution in [0, 0.1) is 0 Å². The zero-order valence-electron chi connectivity index (χ0n) is 32.2. The summed E-state index contributed by atoms with van der Waals surface area (Å²) < 4.78 is 8.70. The van der Waals surface area contributed by atoms with E-state index in [1.165, 1.54) is 4.90 Å². The number of carbonyl (C=O) groups excluding carboxylic acids is 5. The molecule has 14 nitrogen and oxygen atoms in total. The summed E-state index contributed by atoms with van der Waals surface area (Å²) in [5, 5.41) is 7.42. The first-order chi connectivity index (χ1) is 27.4. The predicted octanol–water partition coefficient (Wildman–Crippen LogP) is 4.88. The standard InChI is InChI=1S/C43H42N8O6/c1-5-36-47-38(35-22-49(23(2)52)15-16-50(35)36)26-8-6-7-24-17-32(45-20-29(24)26)25-9-12-31(44-19-25)40(54)46-33-18-43(3,4)57-39-28(33)11-10-27-30(39)21-51(42(27)56)34-13-14-37(53)48-41(34)55/h6-12,17,19-20,33-34H,5,13-16,18,21-22H2,1-4H3,(H,46,54)(H,48,53,55). The van der Waals surface area contributed by atoms with Gasteiger partial charge in [0.25, 0.3) is 11.8 Å². The number of amides is 5. The number of benzene rings is 2. The average Bonchev–Trinajstić information content (AvgIpc) is 3.74. The molecule has 0 bridgehead atoms. The van der Waals surface area contributed by atoms with Gasteiger partial charge in [0.15, 0.2) is 0 Å². The minimum absolute atomic E-state index is 0.0499. The second kappa shape index (κ2) is 13.6. The first kappa shape index (κ1) is 36.2. The highest BCUT2D eigenvalue weighted by Gasteiger charge is 2.44. The average molecular weight is 767 g/mol. The van der Waals surface area contributed by atoms with E-state index in [2.05, 4.69) is 33.2 Å². The lowest BCUT2D eigenvalue weighted by molar-refractivity contribution is -0.137. The molecule has 14 heteroatoms. The topological polar surface area (TPSA) is 169 Å². The van der Waals surface area contributed by atoms with E-state index in [9.17, 15) is 24.0 Å². The number of carbonyl (C=O) groups is 5. The van der Waals surface area contributed by atoms with Gasteiger partial charge in [-0.15, -0.1) is 0 Å². The van der Waals surface area contributed by atoms with Crippen molar-refractivity contribution in [3.8, 4) is 28.3 Å². The van der Waals surface area contributed by atoms with Crippen molar-refractivity contribution in [1.82, 2.24) is 40.0 Å². The molecule has 57 heavy (non-hydrogen) atoms. The highest BCUT2D eigenvalue weighted by Crippen LogP contribution is 2.46. The normalized spacial score (nSPS) is 19.8. The van der Waals surface area contributed by atoms with Gasteiger partial charge in [-0.3, -0.25) is 39.3 Å². The number of hydrogen-bond donors (Lipinski definition) is 2. The van der Waals surface area contributed by atoms with Gasteiger partial charge in [0.05, 0.1) is 36.2 Å². The summed E-state index contributed by atoms with van der Waals surface area (Å²) in [5.41, 5.74) is 5.76. The molecule has 0 aliphatic carbocycles. The number of imide groups is 1. The van der Waals surface area contributed by atoms with Gasteiger partial charge in [0, 0.05) is 84.9 Å². The van der Waals surface area contributed by atoms with Gasteiger partial charge in [0.1, 0.15) is 28.9 Å². The third kappa shape index (κ3) is 6.28. The molecule has 4 aliphatic heterocycles. The summed E-state index contributed by atoms with van der Waals surface area (Å²) >= 11 is 0. The van der Waals surface area contributed by atoms with Crippen LogP contribution in [0.2, 0.25) is 0 Å². The van der Waals surface area contributed by atoms with Crippen molar-refractivity contribution in [3.63, 3.8) is 0 Å². The Hall–Kier alpha value is -6.44. The van der Waals surface area contributed by atoms with E-state index in [0.717, 1.165) is 57.6 Å². The summed E-state index contributed by atoms with van der Waals surface area (Å²) in [6.07, 6.45) is 5.19. The van der Waals surface area contributed by atoms with Gasteiger partial charge in [0.2, 0.25) is 17.7 Å². The Kier molecular flexibility index (Phi) is 8.67. The van der Waals surface area contributed by atoms with Crippen LogP contribution in [0.5, 0.6) is 5.75 Å². The number of nitrogens with one attached hydrogen (secondary N) is 2. The number of nitrogens with zero attached hydrogens (tertiary/aromatic N) is 6. The number of aryl methyl sites for hydroxylation is 1. The highest BCUT2D eigenvalue weighted by molar-refractivity contribution is 6.06. The monoisotopic (exact) mass is 766 g/mol. The van der Waals surface area contributed by atoms with Crippen molar-refractivity contribution >= 4 is 40.3 Å². The van der Waals surface area contributed by atoms with Crippen LogP contribution in [0.3, 0.4) is 0 Å². The van der Waals surface area contributed by atoms with E-state index in [4.69, 9.17) is 14.7 Å². The third-order valence-electron chi connectivity index (χ3n) is 11.6. The van der Waals surface area contributed by atoms with Crippen LogP contribution < -0.4 is 15.4 Å². The molecule has 9 rings (SSSR count). The fraction of sp³-hybridized carbons (Fsp3) is 0.349. The van der Waals surface area contributed by atoms with Crippen molar-refractivity contribution < 1.29 is 28.7 Å². The summed E-state index contributed by atoms with van der Waals surface area (Å²) in [7, 11) is 0. The summed E-state index contributed by atoms with van der Waals surface area (Å²) in [6.45, 7) is 9.63.